The van der Waals surface area contributed by atoms with Gasteiger partial charge in [0.15, 0.2) is 0 Å². The molecule has 2 aromatic heterocycles. The van der Waals surface area contributed by atoms with Crippen LogP contribution in [0.4, 0.5) is 8.78 Å². The summed E-state index contributed by atoms with van der Waals surface area (Å²) in [5.41, 5.74) is 1.07. The van der Waals surface area contributed by atoms with Gasteiger partial charge in [-0.25, -0.2) is 18.7 Å². The number of nitrogens with zero attached hydrogens (tertiary/aromatic N) is 3. The first-order valence-electron chi connectivity index (χ1n) is 11.2. The van der Waals surface area contributed by atoms with Crippen LogP contribution in [0.5, 0.6) is 0 Å². The van der Waals surface area contributed by atoms with E-state index >= 15 is 0 Å². The van der Waals surface area contributed by atoms with Gasteiger partial charge in [0.2, 0.25) is 5.92 Å². The number of hydrogen-bond donors (Lipinski definition) is 1. The maximum atomic E-state index is 14.7. The number of amides is 1. The normalized spacial score (nSPS) is 27.3. The molecule has 2 aliphatic rings. The van der Waals surface area contributed by atoms with Crippen molar-refractivity contribution in [3.8, 4) is 0 Å². The summed E-state index contributed by atoms with van der Waals surface area (Å²) in [5.74, 6) is -3.60. The van der Waals surface area contributed by atoms with Crippen molar-refractivity contribution in [3.63, 3.8) is 0 Å². The molecule has 6 nitrogen and oxygen atoms in total. The number of aryl methyl sites for hydroxylation is 2. The Morgan fingerprint density at radius 1 is 1.16 bits per heavy atom. The molecule has 1 amide bonds. The number of Topliss-reactive ketones (excluding diaryl/α,β-unsaturated/α-hetero) is 1. The predicted molar refractivity (Wildman–Crippen MR) is 114 cm³/mol. The number of rotatable bonds is 5. The van der Waals surface area contributed by atoms with Gasteiger partial charge in [-0.3, -0.25) is 14.6 Å². The highest BCUT2D eigenvalue weighted by Gasteiger charge is 2.48. The smallest absolute Gasteiger partial charge is 0.270 e. The van der Waals surface area contributed by atoms with Crippen LogP contribution >= 0.6 is 0 Å². The van der Waals surface area contributed by atoms with Gasteiger partial charge in [0, 0.05) is 48.8 Å². The van der Waals surface area contributed by atoms with Crippen LogP contribution in [0.15, 0.2) is 36.7 Å². The van der Waals surface area contributed by atoms with E-state index in [1.54, 1.807) is 24.4 Å². The first kappa shape index (κ1) is 22.4. The highest BCUT2D eigenvalue weighted by atomic mass is 19.3. The maximum absolute atomic E-state index is 14.7. The molecule has 0 radical (unpaired) electrons. The molecule has 0 aromatic carbocycles. The monoisotopic (exact) mass is 442 g/mol. The third kappa shape index (κ3) is 5.34. The van der Waals surface area contributed by atoms with Crippen LogP contribution in [0, 0.1) is 24.7 Å². The number of carbonyl (C=O) groups is 2. The van der Waals surface area contributed by atoms with Crippen LogP contribution in [0.25, 0.3) is 0 Å². The van der Waals surface area contributed by atoms with Crippen LogP contribution in [0.3, 0.4) is 0 Å². The van der Waals surface area contributed by atoms with Crippen LogP contribution in [-0.2, 0) is 11.2 Å². The Bertz CT molecular complexity index is 969. The number of carbonyl (C=O) groups excluding carboxylic acids is 2. The van der Waals surface area contributed by atoms with Crippen molar-refractivity contribution >= 4 is 11.7 Å². The Morgan fingerprint density at radius 3 is 2.75 bits per heavy atom. The second kappa shape index (κ2) is 9.38. The first-order valence-corrected chi connectivity index (χ1v) is 11.2. The minimum absolute atomic E-state index is 0.0572. The zero-order chi connectivity index (χ0) is 22.7. The van der Waals surface area contributed by atoms with Gasteiger partial charge in [0.1, 0.15) is 17.3 Å². The summed E-state index contributed by atoms with van der Waals surface area (Å²) in [6, 6.07) is 5.99. The van der Waals surface area contributed by atoms with Gasteiger partial charge >= 0.3 is 0 Å². The standard InChI is InChI=1S/C24H28F2N4O2/c1-15-27-11-9-18(29-15)8-7-16-5-6-17-13-24(25,26)14-19(12-20(17)22(16)31)30-23(32)21-4-2-3-10-28-21/h2-4,9-11,16-17,19-20H,5-8,12-14H2,1H3,(H,30,32). The van der Waals surface area contributed by atoms with E-state index in [1.165, 1.54) is 6.20 Å². The van der Waals surface area contributed by atoms with Gasteiger partial charge in [-0.2, -0.15) is 0 Å². The molecule has 0 aliphatic heterocycles. The van der Waals surface area contributed by atoms with Crippen molar-refractivity contribution in [2.75, 3.05) is 0 Å². The molecule has 2 heterocycles. The quantitative estimate of drug-likeness (QED) is 0.758. The van der Waals surface area contributed by atoms with Crippen molar-refractivity contribution in [2.24, 2.45) is 17.8 Å². The van der Waals surface area contributed by atoms with E-state index in [1.807, 2.05) is 13.0 Å². The fourth-order valence-corrected chi connectivity index (χ4v) is 5.18. The predicted octanol–water partition coefficient (Wildman–Crippen LogP) is 3.94. The van der Waals surface area contributed by atoms with E-state index in [0.29, 0.717) is 31.5 Å². The Morgan fingerprint density at radius 2 is 2.00 bits per heavy atom. The van der Waals surface area contributed by atoms with Crippen molar-refractivity contribution in [3.05, 3.63) is 53.9 Å². The lowest BCUT2D eigenvalue weighted by molar-refractivity contribution is -0.133. The van der Waals surface area contributed by atoms with Crippen molar-refractivity contribution < 1.29 is 18.4 Å². The number of hydrogen-bond acceptors (Lipinski definition) is 5. The van der Waals surface area contributed by atoms with Crippen molar-refractivity contribution in [2.45, 2.75) is 63.8 Å². The summed E-state index contributed by atoms with van der Waals surface area (Å²) in [7, 11) is 0. The molecule has 32 heavy (non-hydrogen) atoms. The molecule has 0 saturated heterocycles. The molecule has 8 heteroatoms. The number of nitrogens with one attached hydrogen (secondary N) is 1. The molecule has 0 spiro atoms. The Kier molecular flexibility index (Phi) is 6.58. The summed E-state index contributed by atoms with van der Waals surface area (Å²) in [5, 5.41) is 2.71. The highest BCUT2D eigenvalue weighted by Crippen LogP contribution is 2.45. The molecular formula is C24H28F2N4O2. The van der Waals surface area contributed by atoms with Gasteiger partial charge in [-0.15, -0.1) is 0 Å². The zero-order valence-electron chi connectivity index (χ0n) is 18.1. The van der Waals surface area contributed by atoms with Crippen LogP contribution < -0.4 is 5.32 Å². The average molecular weight is 443 g/mol. The van der Waals surface area contributed by atoms with Crippen molar-refractivity contribution in [1.82, 2.24) is 20.3 Å². The molecular weight excluding hydrogens is 414 g/mol. The summed E-state index contributed by atoms with van der Waals surface area (Å²) >= 11 is 0. The van der Waals surface area contributed by atoms with E-state index in [-0.39, 0.29) is 36.2 Å². The topological polar surface area (TPSA) is 84.8 Å². The SMILES string of the molecule is Cc1nccc(CCC2CCC3CC(F)(F)CC(NC(=O)c4ccccn4)CC3C2=O)n1. The largest absolute Gasteiger partial charge is 0.348 e. The van der Waals surface area contributed by atoms with Crippen molar-refractivity contribution in [1.29, 1.82) is 0 Å². The van der Waals surface area contributed by atoms with Gasteiger partial charge < -0.3 is 5.32 Å². The number of aromatic nitrogens is 3. The summed E-state index contributed by atoms with van der Waals surface area (Å²) in [6.45, 7) is 1.82. The van der Waals surface area contributed by atoms with Gasteiger partial charge in [0.25, 0.3) is 5.91 Å². The van der Waals surface area contributed by atoms with Gasteiger partial charge in [-0.05, 0) is 63.1 Å². The van der Waals surface area contributed by atoms with Gasteiger partial charge in [0.05, 0.1) is 0 Å². The molecule has 2 saturated carbocycles. The van der Waals surface area contributed by atoms with Crippen LogP contribution in [0.1, 0.15) is 60.5 Å². The maximum Gasteiger partial charge on any atom is 0.270 e. The number of alkyl halides is 2. The minimum Gasteiger partial charge on any atom is -0.348 e. The molecule has 4 atom stereocenters. The van der Waals surface area contributed by atoms with Crippen LogP contribution in [-0.4, -0.2) is 38.6 Å². The lowest BCUT2D eigenvalue weighted by Crippen LogP contribution is -2.41. The summed E-state index contributed by atoms with van der Waals surface area (Å²) < 4.78 is 29.4. The number of fused-ring (bicyclic) bond motifs is 1. The van der Waals surface area contributed by atoms with E-state index in [2.05, 4.69) is 20.3 Å². The second-order valence-electron chi connectivity index (χ2n) is 9.06. The molecule has 2 aromatic rings. The van der Waals surface area contributed by atoms with E-state index in [9.17, 15) is 18.4 Å². The Hall–Kier alpha value is -2.77. The molecule has 4 unspecified atom stereocenters. The first-order chi connectivity index (χ1) is 15.3. The minimum atomic E-state index is -2.91. The molecule has 0 bridgehead atoms. The van der Waals surface area contributed by atoms with E-state index < -0.39 is 30.2 Å². The number of halogens is 2. The second-order valence-corrected chi connectivity index (χ2v) is 9.06. The van der Waals surface area contributed by atoms with E-state index in [4.69, 9.17) is 0 Å². The van der Waals surface area contributed by atoms with E-state index in [0.717, 1.165) is 5.69 Å². The lowest BCUT2D eigenvalue weighted by atomic mass is 9.69. The summed E-state index contributed by atoms with van der Waals surface area (Å²) in [4.78, 5) is 38.3. The molecule has 2 fully saturated rings. The zero-order valence-corrected chi connectivity index (χ0v) is 18.1. The number of ketones is 1. The number of pyridine rings is 1. The average Bonchev–Trinajstić information content (AvgIpc) is 2.89. The van der Waals surface area contributed by atoms with Gasteiger partial charge in [-0.1, -0.05) is 6.07 Å². The highest BCUT2D eigenvalue weighted by molar-refractivity contribution is 5.92. The third-order valence-electron chi connectivity index (χ3n) is 6.68. The molecule has 4 rings (SSSR count). The lowest BCUT2D eigenvalue weighted by Gasteiger charge is -2.35. The molecule has 1 N–H and O–H groups in total. The third-order valence-corrected chi connectivity index (χ3v) is 6.68. The van der Waals surface area contributed by atoms with Crippen LogP contribution in [0.2, 0.25) is 0 Å². The Labute approximate surface area is 186 Å². The fraction of sp³-hybridized carbons (Fsp3) is 0.542. The molecule has 170 valence electrons. The Balaban J connectivity index is 1.45. The fourth-order valence-electron chi connectivity index (χ4n) is 5.18. The molecule has 2 aliphatic carbocycles. The summed E-state index contributed by atoms with van der Waals surface area (Å²) in [6.07, 6.45) is 5.26.